The zero-order chi connectivity index (χ0) is 32.6. The first-order chi connectivity index (χ1) is 24.3. The number of aromatic nitrogens is 1. The van der Waals surface area contributed by atoms with Gasteiger partial charge in [0.25, 0.3) is 0 Å². The second-order valence-electron chi connectivity index (χ2n) is 12.8. The zero-order valence-corrected chi connectivity index (χ0v) is 27.1. The lowest BCUT2D eigenvalue weighted by Gasteiger charge is -2.31. The van der Waals surface area contributed by atoms with Crippen LogP contribution in [0.5, 0.6) is 0 Å². The average molecular weight is 630 g/mol. The van der Waals surface area contributed by atoms with E-state index in [-0.39, 0.29) is 6.04 Å². The van der Waals surface area contributed by atoms with Crippen LogP contribution in [-0.2, 0) is 0 Å². The SMILES string of the molecule is C1=CC(c2ccc(C3=NC(c4ccccc4)=C(c4ccccc4)C(c4ccccc4)N3)cc2)CC=C1n1c2ccccc2c2ccccc21. The number of benzene rings is 6. The molecule has 3 nitrogen and oxygen atoms in total. The van der Waals surface area contributed by atoms with Crippen LogP contribution in [0.3, 0.4) is 0 Å². The molecule has 9 rings (SSSR count). The molecule has 1 aliphatic carbocycles. The first-order valence-electron chi connectivity index (χ1n) is 17.0. The van der Waals surface area contributed by atoms with E-state index in [0.717, 1.165) is 29.1 Å². The Bertz CT molecular complexity index is 2360. The van der Waals surface area contributed by atoms with Crippen molar-refractivity contribution in [3.8, 4) is 0 Å². The van der Waals surface area contributed by atoms with Gasteiger partial charge in [-0.25, -0.2) is 4.99 Å². The number of aliphatic imine (C=N–C) groups is 1. The molecule has 0 spiro atoms. The van der Waals surface area contributed by atoms with E-state index < -0.39 is 0 Å². The van der Waals surface area contributed by atoms with E-state index in [0.29, 0.717) is 5.92 Å². The summed E-state index contributed by atoms with van der Waals surface area (Å²) in [6, 6.07) is 58.2. The van der Waals surface area contributed by atoms with Gasteiger partial charge in [-0.3, -0.25) is 0 Å². The van der Waals surface area contributed by atoms with Crippen LogP contribution < -0.4 is 5.32 Å². The Morgan fingerprint density at radius 3 is 1.71 bits per heavy atom. The van der Waals surface area contributed by atoms with Gasteiger partial charge in [0.05, 0.1) is 22.8 Å². The molecule has 3 heteroatoms. The molecule has 49 heavy (non-hydrogen) atoms. The monoisotopic (exact) mass is 629 g/mol. The largest absolute Gasteiger partial charge is 0.359 e. The molecule has 1 aromatic heterocycles. The molecule has 1 N–H and O–H groups in total. The molecule has 0 fully saturated rings. The van der Waals surface area contributed by atoms with Crippen LogP contribution in [0.15, 0.2) is 187 Å². The number of nitrogens with one attached hydrogen (secondary N) is 1. The van der Waals surface area contributed by atoms with Crippen molar-refractivity contribution in [2.75, 3.05) is 0 Å². The fourth-order valence-electron chi connectivity index (χ4n) is 7.44. The number of hydrogen-bond acceptors (Lipinski definition) is 2. The third kappa shape index (κ3) is 5.30. The third-order valence-electron chi connectivity index (χ3n) is 9.84. The number of allylic oxidation sites excluding steroid dienone is 4. The van der Waals surface area contributed by atoms with Crippen molar-refractivity contribution in [2.45, 2.75) is 18.4 Å². The molecule has 0 radical (unpaired) electrons. The van der Waals surface area contributed by atoms with Crippen molar-refractivity contribution in [1.82, 2.24) is 9.88 Å². The van der Waals surface area contributed by atoms with Crippen molar-refractivity contribution in [3.63, 3.8) is 0 Å². The van der Waals surface area contributed by atoms with Crippen LogP contribution in [0.4, 0.5) is 0 Å². The normalized spacial score (nSPS) is 17.6. The Morgan fingerprint density at radius 1 is 0.531 bits per heavy atom. The van der Waals surface area contributed by atoms with E-state index in [2.05, 4.69) is 192 Å². The van der Waals surface area contributed by atoms with Gasteiger partial charge in [0.2, 0.25) is 0 Å². The summed E-state index contributed by atoms with van der Waals surface area (Å²) in [5, 5.41) is 6.43. The van der Waals surface area contributed by atoms with Crippen LogP contribution in [0.2, 0.25) is 0 Å². The molecule has 1 aliphatic heterocycles. The van der Waals surface area contributed by atoms with Crippen LogP contribution >= 0.6 is 0 Å². The molecular formula is C46H35N3. The molecule has 0 saturated heterocycles. The first-order valence-corrected chi connectivity index (χ1v) is 17.0. The first kappa shape index (κ1) is 29.0. The van der Waals surface area contributed by atoms with Gasteiger partial charge in [0, 0.05) is 39.1 Å². The molecule has 2 aliphatic rings. The molecule has 0 bridgehead atoms. The Morgan fingerprint density at radius 2 is 1.10 bits per heavy atom. The summed E-state index contributed by atoms with van der Waals surface area (Å²) in [7, 11) is 0. The van der Waals surface area contributed by atoms with Gasteiger partial charge in [-0.15, -0.1) is 0 Å². The third-order valence-corrected chi connectivity index (χ3v) is 9.84. The number of rotatable bonds is 6. The minimum atomic E-state index is -0.0586. The molecule has 0 saturated carbocycles. The summed E-state index contributed by atoms with van der Waals surface area (Å²) in [5.74, 6) is 1.19. The highest BCUT2D eigenvalue weighted by Crippen LogP contribution is 2.41. The average Bonchev–Trinajstić information content (AvgIpc) is 3.53. The quantitative estimate of drug-likeness (QED) is 0.195. The highest BCUT2D eigenvalue weighted by atomic mass is 15.1. The summed E-state index contributed by atoms with van der Waals surface area (Å²) >= 11 is 0. The van der Waals surface area contributed by atoms with Gasteiger partial charge in [0.15, 0.2) is 0 Å². The summed E-state index contributed by atoms with van der Waals surface area (Å²) in [6.45, 7) is 0. The maximum atomic E-state index is 5.35. The van der Waals surface area contributed by atoms with Gasteiger partial charge in [0.1, 0.15) is 5.84 Å². The summed E-state index contributed by atoms with van der Waals surface area (Å²) in [5.41, 5.74) is 11.8. The molecular weight excluding hydrogens is 595 g/mol. The predicted octanol–water partition coefficient (Wildman–Crippen LogP) is 11.0. The van der Waals surface area contributed by atoms with Gasteiger partial charge in [-0.2, -0.15) is 0 Å². The Hall–Kier alpha value is -6.19. The second kappa shape index (κ2) is 12.4. The lowest BCUT2D eigenvalue weighted by Crippen LogP contribution is -2.33. The van der Waals surface area contributed by atoms with Crippen molar-refractivity contribution >= 4 is 44.6 Å². The van der Waals surface area contributed by atoms with E-state index in [1.54, 1.807) is 0 Å². The lowest BCUT2D eigenvalue weighted by molar-refractivity contribution is 0.799. The Kier molecular flexibility index (Phi) is 7.36. The second-order valence-corrected chi connectivity index (χ2v) is 12.8. The predicted molar refractivity (Wildman–Crippen MR) is 205 cm³/mol. The van der Waals surface area contributed by atoms with Gasteiger partial charge in [-0.05, 0) is 41.3 Å². The molecule has 2 atom stereocenters. The van der Waals surface area contributed by atoms with Gasteiger partial charge >= 0.3 is 0 Å². The number of amidine groups is 1. The minimum absolute atomic E-state index is 0.0586. The zero-order valence-electron chi connectivity index (χ0n) is 27.1. The smallest absolute Gasteiger partial charge is 0.134 e. The van der Waals surface area contributed by atoms with E-state index in [4.69, 9.17) is 4.99 Å². The van der Waals surface area contributed by atoms with E-state index >= 15 is 0 Å². The summed E-state index contributed by atoms with van der Waals surface area (Å²) in [6.07, 6.45) is 7.98. The molecule has 6 aromatic carbocycles. The maximum absolute atomic E-state index is 5.35. The molecule has 2 heterocycles. The summed E-state index contributed by atoms with van der Waals surface area (Å²) < 4.78 is 2.40. The highest BCUT2D eigenvalue weighted by Gasteiger charge is 2.29. The van der Waals surface area contributed by atoms with E-state index in [1.165, 1.54) is 49.8 Å². The highest BCUT2D eigenvalue weighted by molar-refractivity contribution is 6.11. The summed E-state index contributed by atoms with van der Waals surface area (Å²) in [4.78, 5) is 5.35. The fourth-order valence-corrected chi connectivity index (χ4v) is 7.44. The van der Waals surface area contributed by atoms with Crippen LogP contribution in [0.1, 0.15) is 46.2 Å². The van der Waals surface area contributed by atoms with Crippen molar-refractivity contribution in [2.24, 2.45) is 4.99 Å². The van der Waals surface area contributed by atoms with E-state index in [9.17, 15) is 0 Å². The number of nitrogens with zero attached hydrogens (tertiary/aromatic N) is 2. The fraction of sp³-hybridized carbons (Fsp3) is 0.0652. The number of fused-ring (bicyclic) bond motifs is 3. The lowest BCUT2D eigenvalue weighted by atomic mass is 9.87. The van der Waals surface area contributed by atoms with Crippen LogP contribution in [0, 0.1) is 0 Å². The Labute approximate surface area is 286 Å². The molecule has 234 valence electrons. The number of hydrogen-bond donors (Lipinski definition) is 1. The topological polar surface area (TPSA) is 29.3 Å². The molecule has 2 unspecified atom stereocenters. The van der Waals surface area contributed by atoms with Crippen molar-refractivity contribution in [3.05, 3.63) is 210 Å². The van der Waals surface area contributed by atoms with Gasteiger partial charge < -0.3 is 9.88 Å². The van der Waals surface area contributed by atoms with Crippen molar-refractivity contribution < 1.29 is 0 Å². The van der Waals surface area contributed by atoms with Crippen LogP contribution in [-0.4, -0.2) is 10.4 Å². The minimum Gasteiger partial charge on any atom is -0.359 e. The van der Waals surface area contributed by atoms with Crippen molar-refractivity contribution in [1.29, 1.82) is 0 Å². The standard InChI is InChI=1S/C46H35N3/c1-4-14-34(15-5-1)43-44(35-16-6-2-7-17-35)47-46(48-45(43)36-18-8-3-9-19-36)37-26-24-32(25-27-37)33-28-30-38(31-29-33)49-41-22-12-10-20-39(41)40-21-11-13-23-42(40)49/h1-28,30-31,33,44H,29H2,(H,47,48). The maximum Gasteiger partial charge on any atom is 0.134 e. The van der Waals surface area contributed by atoms with Crippen LogP contribution in [0.25, 0.3) is 38.8 Å². The molecule has 0 amide bonds. The van der Waals surface area contributed by atoms with E-state index in [1.807, 2.05) is 0 Å². The van der Waals surface area contributed by atoms with Gasteiger partial charge in [-0.1, -0.05) is 164 Å². The molecule has 7 aromatic rings. The number of para-hydroxylation sites is 2. The Balaban J connectivity index is 1.05.